The lowest BCUT2D eigenvalue weighted by atomic mass is 9.52. The van der Waals surface area contributed by atoms with Crippen LogP contribution in [0.25, 0.3) is 0 Å². The molecule has 0 bridgehead atoms. The molecule has 0 amide bonds. The van der Waals surface area contributed by atoms with Crippen molar-refractivity contribution in [2.24, 2.45) is 40.9 Å². The first-order chi connectivity index (χ1) is 16.9. The van der Waals surface area contributed by atoms with E-state index in [1.807, 2.05) is 11.8 Å². The van der Waals surface area contributed by atoms with Gasteiger partial charge in [-0.2, -0.15) is 0 Å². The fraction of sp³-hybridized carbons (Fsp3) is 0.867. The summed E-state index contributed by atoms with van der Waals surface area (Å²) in [6.07, 6.45) is 17.5. The van der Waals surface area contributed by atoms with E-state index in [1.54, 1.807) is 5.57 Å². The van der Waals surface area contributed by atoms with Crippen molar-refractivity contribution in [1.29, 1.82) is 0 Å². The predicted octanol–water partition coefficient (Wildman–Crippen LogP) is 5.94. The normalized spacial score (nSPS) is 51.5. The number of ether oxygens (including phenoxy) is 1. The van der Waals surface area contributed by atoms with Crippen LogP contribution >= 0.6 is 0 Å². The van der Waals surface area contributed by atoms with Crippen molar-refractivity contribution in [3.05, 3.63) is 23.5 Å². The van der Waals surface area contributed by atoms with Gasteiger partial charge in [-0.15, -0.1) is 5.10 Å². The lowest BCUT2D eigenvalue weighted by molar-refractivity contribution is -0.0753. The van der Waals surface area contributed by atoms with Gasteiger partial charge in [0.15, 0.2) is 0 Å². The maximum Gasteiger partial charge on any atom is 0.0765 e. The number of nitrogens with zero attached hydrogens (tertiary/aromatic N) is 3. The number of allylic oxidation sites excluding steroid dienone is 1. The molecule has 0 aromatic carbocycles. The minimum atomic E-state index is 0.0697. The second-order valence-electron chi connectivity index (χ2n) is 14.0. The second kappa shape index (κ2) is 8.15. The van der Waals surface area contributed by atoms with Crippen molar-refractivity contribution in [2.75, 3.05) is 6.54 Å². The average molecular weight is 479 g/mol. The molecule has 1 unspecified atom stereocenters. The monoisotopic (exact) mass is 478 g/mol. The molecular weight excluding hydrogens is 432 g/mol. The molecule has 11 atom stereocenters. The van der Waals surface area contributed by atoms with Gasteiger partial charge in [-0.3, -0.25) is 0 Å². The van der Waals surface area contributed by atoms with Crippen LogP contribution in [-0.2, 0) is 4.74 Å². The molecule has 6 aliphatic rings. The van der Waals surface area contributed by atoms with Crippen LogP contribution < -0.4 is 5.32 Å². The van der Waals surface area contributed by atoms with Crippen LogP contribution in [0.15, 0.2) is 23.5 Å². The molecule has 1 spiro atoms. The molecule has 35 heavy (non-hydrogen) atoms. The Kier molecular flexibility index (Phi) is 5.34. The molecule has 5 nitrogen and oxygen atoms in total. The second-order valence-corrected chi connectivity index (χ2v) is 14.0. The number of piperidine rings is 1. The number of hydrogen-bond acceptors (Lipinski definition) is 4. The van der Waals surface area contributed by atoms with E-state index >= 15 is 0 Å². The summed E-state index contributed by atoms with van der Waals surface area (Å²) in [6.45, 7) is 11.2. The third kappa shape index (κ3) is 3.39. The largest absolute Gasteiger partial charge is 0.369 e. The molecule has 7 rings (SSSR count). The summed E-state index contributed by atoms with van der Waals surface area (Å²) < 4.78 is 9.22. The third-order valence-electron chi connectivity index (χ3n) is 12.4. The summed E-state index contributed by atoms with van der Waals surface area (Å²) in [4.78, 5) is 0. The molecule has 5 heteroatoms. The first-order valence-corrected chi connectivity index (χ1v) is 14.8. The Hall–Kier alpha value is -1.20. The smallest absolute Gasteiger partial charge is 0.0765 e. The molecule has 2 aliphatic heterocycles. The van der Waals surface area contributed by atoms with E-state index in [0.717, 1.165) is 36.1 Å². The molecule has 5 fully saturated rings. The third-order valence-corrected chi connectivity index (χ3v) is 12.4. The van der Waals surface area contributed by atoms with Gasteiger partial charge in [0.25, 0.3) is 0 Å². The van der Waals surface area contributed by atoms with Gasteiger partial charge in [0.05, 0.1) is 23.9 Å². The molecule has 3 heterocycles. The van der Waals surface area contributed by atoms with Crippen LogP contribution in [0.3, 0.4) is 0 Å². The Balaban J connectivity index is 1.13. The van der Waals surface area contributed by atoms with E-state index in [2.05, 4.69) is 54.2 Å². The summed E-state index contributed by atoms with van der Waals surface area (Å²) in [5, 5.41) is 12.3. The molecule has 1 aromatic rings. The minimum Gasteiger partial charge on any atom is -0.369 e. The lowest BCUT2D eigenvalue weighted by Crippen LogP contribution is -2.48. The van der Waals surface area contributed by atoms with E-state index in [0.29, 0.717) is 29.5 Å². The highest BCUT2D eigenvalue weighted by molar-refractivity contribution is 5.29. The van der Waals surface area contributed by atoms with Crippen LogP contribution in [0.5, 0.6) is 0 Å². The Morgan fingerprint density at radius 2 is 2.00 bits per heavy atom. The maximum absolute atomic E-state index is 7.07. The van der Waals surface area contributed by atoms with Crippen molar-refractivity contribution in [3.8, 4) is 0 Å². The fourth-order valence-corrected chi connectivity index (χ4v) is 10.5. The Labute approximate surface area is 211 Å². The van der Waals surface area contributed by atoms with E-state index in [9.17, 15) is 0 Å². The van der Waals surface area contributed by atoms with Gasteiger partial charge < -0.3 is 10.1 Å². The minimum absolute atomic E-state index is 0.0697. The Morgan fingerprint density at radius 3 is 2.83 bits per heavy atom. The molecule has 1 aromatic heterocycles. The zero-order valence-electron chi connectivity index (χ0n) is 22.4. The molecule has 192 valence electrons. The highest BCUT2D eigenvalue weighted by atomic mass is 16.5. The maximum atomic E-state index is 7.07. The van der Waals surface area contributed by atoms with Gasteiger partial charge in [-0.25, -0.2) is 4.68 Å². The zero-order chi connectivity index (χ0) is 23.9. The Morgan fingerprint density at radius 1 is 1.11 bits per heavy atom. The first-order valence-electron chi connectivity index (χ1n) is 14.8. The quantitative estimate of drug-likeness (QED) is 0.507. The number of aromatic nitrogens is 3. The summed E-state index contributed by atoms with van der Waals surface area (Å²) in [5.74, 6) is 4.79. The van der Waals surface area contributed by atoms with Gasteiger partial charge in [0.2, 0.25) is 0 Å². The molecule has 2 saturated heterocycles. The number of nitrogens with one attached hydrogen (secondary N) is 1. The SMILES string of the molecule is CC1=C2C[C@H]3C(CC[C@@H]4C[C@H](n5ccnn5)CC[C@@]43C)[C@@H]2CC[C@@]2(C1)O[C@@H]1C[C@H](C)CN[C@H]1[C@H]2C. The molecule has 1 N–H and O–H groups in total. The molecular formula is C30H46N4O. The topological polar surface area (TPSA) is 52.0 Å². The molecule has 3 saturated carbocycles. The van der Waals surface area contributed by atoms with Crippen LogP contribution in [0, 0.1) is 40.9 Å². The van der Waals surface area contributed by atoms with Crippen molar-refractivity contribution < 1.29 is 4.74 Å². The zero-order valence-corrected chi connectivity index (χ0v) is 22.4. The van der Waals surface area contributed by atoms with Gasteiger partial charge >= 0.3 is 0 Å². The molecule has 4 aliphatic carbocycles. The summed E-state index contributed by atoms with van der Waals surface area (Å²) in [6, 6.07) is 1.12. The van der Waals surface area contributed by atoms with Crippen LogP contribution in [-0.4, -0.2) is 39.3 Å². The standard InChI is InChI=1S/C30H46N4O/c1-18-13-27-28(31-17-18)20(3)30(35-27)10-8-23-24-6-5-21-14-22(34-12-11-32-33-34)7-9-29(21,4)26(24)15-25(23)19(2)16-30/h11-12,18,20-24,26-28,31H,5-10,13-17H2,1-4H3/t18-,20+,21+,22+,23-,24?,26-,27+,28-,29-,30-/m0/s1. The van der Waals surface area contributed by atoms with E-state index in [1.165, 1.54) is 64.2 Å². The van der Waals surface area contributed by atoms with Crippen LogP contribution in [0.4, 0.5) is 0 Å². The number of rotatable bonds is 1. The highest BCUT2D eigenvalue weighted by Gasteiger charge is 2.59. The van der Waals surface area contributed by atoms with Gasteiger partial charge in [-0.1, -0.05) is 37.1 Å². The van der Waals surface area contributed by atoms with Crippen molar-refractivity contribution in [2.45, 2.75) is 116 Å². The average Bonchev–Trinajstić information content (AvgIpc) is 3.53. The van der Waals surface area contributed by atoms with Crippen LogP contribution in [0.1, 0.15) is 97.9 Å². The van der Waals surface area contributed by atoms with Gasteiger partial charge in [-0.05, 0) is 113 Å². The predicted molar refractivity (Wildman–Crippen MR) is 138 cm³/mol. The van der Waals surface area contributed by atoms with E-state index in [4.69, 9.17) is 4.74 Å². The van der Waals surface area contributed by atoms with Crippen molar-refractivity contribution >= 4 is 0 Å². The van der Waals surface area contributed by atoms with E-state index in [-0.39, 0.29) is 5.60 Å². The lowest BCUT2D eigenvalue weighted by Gasteiger charge is -2.54. The number of fused-ring (bicyclic) bond motifs is 6. The van der Waals surface area contributed by atoms with Crippen molar-refractivity contribution in [3.63, 3.8) is 0 Å². The van der Waals surface area contributed by atoms with E-state index < -0.39 is 0 Å². The van der Waals surface area contributed by atoms with Crippen molar-refractivity contribution in [1.82, 2.24) is 20.3 Å². The Bertz CT molecular complexity index is 988. The summed E-state index contributed by atoms with van der Waals surface area (Å²) in [7, 11) is 0. The van der Waals surface area contributed by atoms with Gasteiger partial charge in [0.1, 0.15) is 0 Å². The summed E-state index contributed by atoms with van der Waals surface area (Å²) in [5.41, 5.74) is 4.14. The van der Waals surface area contributed by atoms with Gasteiger partial charge in [0, 0.05) is 18.2 Å². The fourth-order valence-electron chi connectivity index (χ4n) is 10.5. The first kappa shape index (κ1) is 23.0. The highest BCUT2D eigenvalue weighted by Crippen LogP contribution is 2.66. The van der Waals surface area contributed by atoms with Crippen LogP contribution in [0.2, 0.25) is 0 Å². The molecule has 0 radical (unpaired) electrons. The summed E-state index contributed by atoms with van der Waals surface area (Å²) >= 11 is 0. The number of hydrogen-bond donors (Lipinski definition) is 1.